The van der Waals surface area contributed by atoms with Crippen molar-refractivity contribution in [1.82, 2.24) is 0 Å². The zero-order valence-corrected chi connectivity index (χ0v) is 10.5. The number of para-hydroxylation sites is 1. The fourth-order valence-electron chi connectivity index (χ4n) is 2.43. The number of methoxy groups -OCH3 is 1. The van der Waals surface area contributed by atoms with E-state index >= 15 is 0 Å². The van der Waals surface area contributed by atoms with Crippen LogP contribution >= 0.6 is 0 Å². The second-order valence-electron chi connectivity index (χ2n) is 4.85. The Hall–Kier alpha value is -1.06. The van der Waals surface area contributed by atoms with Gasteiger partial charge in [0.25, 0.3) is 0 Å². The molecule has 17 heavy (non-hydrogen) atoms. The lowest BCUT2D eigenvalue weighted by atomic mass is 9.91. The number of anilines is 1. The van der Waals surface area contributed by atoms with Gasteiger partial charge in [0.05, 0.1) is 6.61 Å². The molecule has 0 radical (unpaired) electrons. The molecule has 0 heterocycles. The van der Waals surface area contributed by atoms with E-state index in [-0.39, 0.29) is 0 Å². The van der Waals surface area contributed by atoms with E-state index in [1.54, 1.807) is 7.11 Å². The number of ether oxygens (including phenoxy) is 1. The number of hydrogen-bond acceptors (Lipinski definition) is 3. The molecule has 1 aromatic rings. The standard InChI is InChI=1S/C14H22N2O/c1-17-10-11-4-2-3-5-14(11)16-13-8-6-12(15)7-9-13/h2-5,12-13,16H,6-10,15H2,1H3. The predicted molar refractivity (Wildman–Crippen MR) is 71.0 cm³/mol. The first-order valence-corrected chi connectivity index (χ1v) is 6.38. The molecule has 3 heteroatoms. The third kappa shape index (κ3) is 3.45. The van der Waals surface area contributed by atoms with E-state index < -0.39 is 0 Å². The summed E-state index contributed by atoms with van der Waals surface area (Å²) < 4.78 is 5.21. The summed E-state index contributed by atoms with van der Waals surface area (Å²) in [5, 5.41) is 3.62. The summed E-state index contributed by atoms with van der Waals surface area (Å²) in [7, 11) is 1.73. The Labute approximate surface area is 103 Å². The summed E-state index contributed by atoms with van der Waals surface area (Å²) in [6.07, 6.45) is 4.60. The Balaban J connectivity index is 1.98. The van der Waals surface area contributed by atoms with Crippen LogP contribution < -0.4 is 11.1 Å². The molecule has 0 aromatic heterocycles. The van der Waals surface area contributed by atoms with E-state index in [9.17, 15) is 0 Å². The van der Waals surface area contributed by atoms with E-state index in [4.69, 9.17) is 10.5 Å². The Morgan fingerprint density at radius 2 is 1.94 bits per heavy atom. The minimum absolute atomic E-state index is 0.405. The summed E-state index contributed by atoms with van der Waals surface area (Å²) in [6.45, 7) is 0.662. The van der Waals surface area contributed by atoms with Crippen molar-refractivity contribution in [3.63, 3.8) is 0 Å². The third-order valence-corrected chi connectivity index (χ3v) is 3.45. The molecule has 1 aliphatic rings. The first-order valence-electron chi connectivity index (χ1n) is 6.38. The van der Waals surface area contributed by atoms with E-state index in [2.05, 4.69) is 29.6 Å². The van der Waals surface area contributed by atoms with Crippen molar-refractivity contribution >= 4 is 5.69 Å². The van der Waals surface area contributed by atoms with Crippen LogP contribution in [0.2, 0.25) is 0 Å². The van der Waals surface area contributed by atoms with Crippen LogP contribution in [0.1, 0.15) is 31.2 Å². The topological polar surface area (TPSA) is 47.3 Å². The molecule has 1 fully saturated rings. The van der Waals surface area contributed by atoms with Crippen molar-refractivity contribution in [2.45, 2.75) is 44.4 Å². The Bertz CT molecular complexity index is 346. The first-order chi connectivity index (χ1) is 8.29. The molecule has 0 spiro atoms. The van der Waals surface area contributed by atoms with Crippen molar-refractivity contribution in [1.29, 1.82) is 0 Å². The molecule has 0 amide bonds. The Morgan fingerprint density at radius 3 is 2.65 bits per heavy atom. The number of nitrogens with two attached hydrogens (primary N) is 1. The highest BCUT2D eigenvalue weighted by Crippen LogP contribution is 2.23. The Kier molecular flexibility index (Phi) is 4.40. The molecule has 0 aliphatic heterocycles. The molecule has 1 aromatic carbocycles. The average molecular weight is 234 g/mol. The maximum absolute atomic E-state index is 5.92. The van der Waals surface area contributed by atoms with Gasteiger partial charge in [-0.2, -0.15) is 0 Å². The van der Waals surface area contributed by atoms with Crippen LogP contribution in [0.25, 0.3) is 0 Å². The number of rotatable bonds is 4. The summed E-state index contributed by atoms with van der Waals surface area (Å²) >= 11 is 0. The number of nitrogens with one attached hydrogen (secondary N) is 1. The normalized spacial score (nSPS) is 24.6. The number of hydrogen-bond donors (Lipinski definition) is 2. The molecule has 94 valence electrons. The lowest BCUT2D eigenvalue weighted by molar-refractivity contribution is 0.185. The fraction of sp³-hybridized carbons (Fsp3) is 0.571. The molecule has 3 N–H and O–H groups in total. The molecule has 2 rings (SSSR count). The molecule has 0 atom stereocenters. The zero-order valence-electron chi connectivity index (χ0n) is 10.5. The van der Waals surface area contributed by atoms with E-state index in [0.29, 0.717) is 18.7 Å². The van der Waals surface area contributed by atoms with Crippen LogP contribution in [0.4, 0.5) is 5.69 Å². The van der Waals surface area contributed by atoms with Crippen LogP contribution in [-0.4, -0.2) is 19.2 Å². The highest BCUT2D eigenvalue weighted by atomic mass is 16.5. The highest BCUT2D eigenvalue weighted by molar-refractivity contribution is 5.51. The lowest BCUT2D eigenvalue weighted by Crippen LogP contribution is -2.33. The second-order valence-corrected chi connectivity index (χ2v) is 4.85. The summed E-state index contributed by atoms with van der Waals surface area (Å²) in [6, 6.07) is 9.32. The lowest BCUT2D eigenvalue weighted by Gasteiger charge is -2.28. The summed E-state index contributed by atoms with van der Waals surface area (Å²) in [5.41, 5.74) is 8.35. The molecule has 3 nitrogen and oxygen atoms in total. The first kappa shape index (κ1) is 12.4. The molecule has 0 unspecified atom stereocenters. The molecule has 0 saturated heterocycles. The van der Waals surface area contributed by atoms with Gasteiger partial charge in [-0.1, -0.05) is 18.2 Å². The maximum Gasteiger partial charge on any atom is 0.0733 e. The average Bonchev–Trinajstić information content (AvgIpc) is 2.35. The Morgan fingerprint density at radius 1 is 1.24 bits per heavy atom. The van der Waals surface area contributed by atoms with Crippen molar-refractivity contribution in [3.8, 4) is 0 Å². The van der Waals surface area contributed by atoms with Gasteiger partial charge in [-0.25, -0.2) is 0 Å². The van der Waals surface area contributed by atoms with E-state index in [1.807, 2.05) is 0 Å². The predicted octanol–water partition coefficient (Wildman–Crippen LogP) is 2.51. The molecular formula is C14H22N2O. The van der Waals surface area contributed by atoms with Crippen LogP contribution in [0.15, 0.2) is 24.3 Å². The summed E-state index contributed by atoms with van der Waals surface area (Å²) in [5.74, 6) is 0. The monoisotopic (exact) mass is 234 g/mol. The van der Waals surface area contributed by atoms with Gasteiger partial charge in [-0.05, 0) is 31.7 Å². The van der Waals surface area contributed by atoms with Crippen molar-refractivity contribution < 1.29 is 4.74 Å². The largest absolute Gasteiger partial charge is 0.382 e. The van der Waals surface area contributed by atoms with Crippen LogP contribution in [-0.2, 0) is 11.3 Å². The SMILES string of the molecule is COCc1ccccc1NC1CCC(N)CC1. The summed E-state index contributed by atoms with van der Waals surface area (Å²) in [4.78, 5) is 0. The van der Waals surface area contributed by atoms with Gasteiger partial charge in [-0.15, -0.1) is 0 Å². The highest BCUT2D eigenvalue weighted by Gasteiger charge is 2.18. The van der Waals surface area contributed by atoms with Gasteiger partial charge in [-0.3, -0.25) is 0 Å². The minimum atomic E-state index is 0.405. The van der Waals surface area contributed by atoms with Crippen molar-refractivity contribution in [3.05, 3.63) is 29.8 Å². The van der Waals surface area contributed by atoms with Crippen LogP contribution in [0.5, 0.6) is 0 Å². The van der Waals surface area contributed by atoms with Gasteiger partial charge in [0, 0.05) is 30.4 Å². The zero-order chi connectivity index (χ0) is 12.1. The minimum Gasteiger partial charge on any atom is -0.382 e. The smallest absolute Gasteiger partial charge is 0.0733 e. The van der Waals surface area contributed by atoms with Crippen LogP contribution in [0, 0.1) is 0 Å². The quantitative estimate of drug-likeness (QED) is 0.841. The van der Waals surface area contributed by atoms with Gasteiger partial charge in [0.15, 0.2) is 0 Å². The fourth-order valence-corrected chi connectivity index (χ4v) is 2.43. The number of benzene rings is 1. The second kappa shape index (κ2) is 6.03. The van der Waals surface area contributed by atoms with Gasteiger partial charge in [0.1, 0.15) is 0 Å². The maximum atomic E-state index is 5.92. The van der Waals surface area contributed by atoms with Gasteiger partial charge in [0.2, 0.25) is 0 Å². The molecular weight excluding hydrogens is 212 g/mol. The van der Waals surface area contributed by atoms with Crippen molar-refractivity contribution in [2.24, 2.45) is 5.73 Å². The molecule has 1 aliphatic carbocycles. The third-order valence-electron chi connectivity index (χ3n) is 3.45. The van der Waals surface area contributed by atoms with E-state index in [0.717, 1.165) is 12.8 Å². The van der Waals surface area contributed by atoms with Gasteiger partial charge < -0.3 is 15.8 Å². The molecule has 0 bridgehead atoms. The van der Waals surface area contributed by atoms with Crippen molar-refractivity contribution in [2.75, 3.05) is 12.4 Å². The van der Waals surface area contributed by atoms with E-state index in [1.165, 1.54) is 24.1 Å². The molecule has 1 saturated carbocycles. The van der Waals surface area contributed by atoms with Gasteiger partial charge >= 0.3 is 0 Å². The van der Waals surface area contributed by atoms with Crippen LogP contribution in [0.3, 0.4) is 0 Å².